The molecule has 16 heteroatoms. The van der Waals surface area contributed by atoms with Crippen LogP contribution in [0, 0.1) is 11.6 Å². The molecule has 1 aliphatic rings. The van der Waals surface area contributed by atoms with Crippen LogP contribution in [-0.4, -0.2) is 44.4 Å². The Morgan fingerprint density at radius 3 is 2.43 bits per heavy atom. The first-order chi connectivity index (χ1) is 21.5. The molecule has 3 aromatic carbocycles. The summed E-state index contributed by atoms with van der Waals surface area (Å²) in [5.74, 6) is -2.17. The summed E-state index contributed by atoms with van der Waals surface area (Å²) in [6, 6.07) is 8.70. The van der Waals surface area contributed by atoms with Crippen molar-refractivity contribution in [2.75, 3.05) is 19.1 Å². The molecule has 0 spiro atoms. The molecule has 1 aliphatic carbocycles. The van der Waals surface area contributed by atoms with Crippen molar-refractivity contribution in [1.29, 1.82) is 0 Å². The molecular formula is C30H26ClF5N6O4. The van der Waals surface area contributed by atoms with E-state index in [0.29, 0.717) is 24.4 Å². The van der Waals surface area contributed by atoms with E-state index in [-0.39, 0.29) is 58.7 Å². The smallest absolute Gasteiger partial charge is 0.416 e. The zero-order chi connectivity index (χ0) is 32.0. The molecule has 10 nitrogen and oxygen atoms in total. The summed E-state index contributed by atoms with van der Waals surface area (Å²) in [5, 5.41) is 6.26. The van der Waals surface area contributed by atoms with E-state index in [1.54, 1.807) is 0 Å². The summed E-state index contributed by atoms with van der Waals surface area (Å²) in [4.78, 5) is 32.2. The van der Waals surface area contributed by atoms with E-state index in [1.807, 2.05) is 0 Å². The van der Waals surface area contributed by atoms with Crippen molar-refractivity contribution in [3.05, 3.63) is 88.4 Å². The molecule has 6 rings (SSSR count). The number of ether oxygens (including phenoxy) is 2. The minimum absolute atomic E-state index is 0. The Hall–Kier alpha value is -4.92. The Morgan fingerprint density at radius 2 is 1.83 bits per heavy atom. The fraction of sp³-hybridized carbons (Fsp3) is 0.267. The quantitative estimate of drug-likeness (QED) is 0.197. The molecule has 1 fully saturated rings. The van der Waals surface area contributed by atoms with Gasteiger partial charge in [0.1, 0.15) is 25.3 Å². The van der Waals surface area contributed by atoms with Crippen LogP contribution in [0.2, 0.25) is 0 Å². The number of methoxy groups -OCH3 is 1. The fourth-order valence-corrected chi connectivity index (χ4v) is 5.12. The number of carbonyl (C=O) groups excluding carboxylic acids is 1. The highest BCUT2D eigenvalue weighted by Gasteiger charge is 2.36. The van der Waals surface area contributed by atoms with Gasteiger partial charge >= 0.3 is 11.9 Å². The molecule has 1 N–H and O–H groups in total. The maximum atomic E-state index is 15.5. The normalized spacial score (nSPS) is 13.0. The van der Waals surface area contributed by atoms with Gasteiger partial charge in [0, 0.05) is 24.3 Å². The van der Waals surface area contributed by atoms with E-state index in [9.17, 15) is 27.2 Å². The van der Waals surface area contributed by atoms with E-state index in [0.717, 1.165) is 34.9 Å². The molecular weight excluding hydrogens is 639 g/mol. The number of amides is 1. The topological polar surface area (TPSA) is 107 Å². The van der Waals surface area contributed by atoms with Gasteiger partial charge in [-0.2, -0.15) is 18.3 Å². The van der Waals surface area contributed by atoms with E-state index in [2.05, 4.69) is 15.2 Å². The number of aromatic amines is 1. The average molecular weight is 665 g/mol. The van der Waals surface area contributed by atoms with Crippen LogP contribution >= 0.6 is 12.4 Å². The van der Waals surface area contributed by atoms with Crippen LogP contribution < -0.4 is 20.1 Å². The first-order valence-electron chi connectivity index (χ1n) is 13.7. The van der Waals surface area contributed by atoms with Crippen LogP contribution in [0.3, 0.4) is 0 Å². The zero-order valence-electron chi connectivity index (χ0n) is 24.3. The molecule has 5 aromatic rings. The molecule has 1 saturated carbocycles. The third kappa shape index (κ3) is 6.14. The lowest BCUT2D eigenvalue weighted by molar-refractivity contribution is -0.137. The number of anilines is 1. The summed E-state index contributed by atoms with van der Waals surface area (Å²) in [7, 11) is 2.66. The number of aromatic nitrogens is 5. The number of halogens is 6. The molecule has 242 valence electrons. The molecule has 0 saturated heterocycles. The van der Waals surface area contributed by atoms with Crippen molar-refractivity contribution < 1.29 is 36.2 Å². The van der Waals surface area contributed by atoms with E-state index in [1.165, 1.54) is 48.2 Å². The van der Waals surface area contributed by atoms with Gasteiger partial charge in [0.2, 0.25) is 5.91 Å². The molecule has 0 unspecified atom stereocenters. The number of likely N-dealkylation sites (N-methyl/N-ethyl adjacent to an activating group) is 1. The monoisotopic (exact) mass is 664 g/mol. The lowest BCUT2D eigenvalue weighted by Crippen LogP contribution is -2.34. The van der Waals surface area contributed by atoms with Gasteiger partial charge in [0.25, 0.3) is 0 Å². The molecule has 0 radical (unpaired) electrons. The van der Waals surface area contributed by atoms with Crippen LogP contribution in [-0.2, 0) is 24.1 Å². The third-order valence-electron chi connectivity index (χ3n) is 7.54. The number of fused-ring (bicyclic) bond motifs is 1. The molecule has 0 bridgehead atoms. The second-order valence-corrected chi connectivity index (χ2v) is 10.5. The highest BCUT2D eigenvalue weighted by atomic mass is 35.5. The predicted molar refractivity (Wildman–Crippen MR) is 159 cm³/mol. The van der Waals surface area contributed by atoms with Gasteiger partial charge in [-0.15, -0.1) is 12.4 Å². The van der Waals surface area contributed by atoms with E-state index >= 15 is 4.39 Å². The average Bonchev–Trinajstić information content (AvgIpc) is 3.62. The minimum Gasteiger partial charge on any atom is -0.493 e. The Morgan fingerprint density at radius 1 is 1.11 bits per heavy atom. The Balaban J connectivity index is 0.00000417. The lowest BCUT2D eigenvalue weighted by Gasteiger charge is -2.18. The molecule has 1 amide bonds. The van der Waals surface area contributed by atoms with E-state index in [4.69, 9.17) is 9.47 Å². The van der Waals surface area contributed by atoms with Crippen molar-refractivity contribution in [2.24, 2.45) is 0 Å². The summed E-state index contributed by atoms with van der Waals surface area (Å²) in [6.07, 6.45) is -2.42. The van der Waals surface area contributed by atoms with Crippen molar-refractivity contribution in [3.8, 4) is 22.6 Å². The number of hydrogen-bond acceptors (Lipinski definition) is 6. The summed E-state index contributed by atoms with van der Waals surface area (Å²) >= 11 is 0. The van der Waals surface area contributed by atoms with Gasteiger partial charge < -0.3 is 14.4 Å². The summed E-state index contributed by atoms with van der Waals surface area (Å²) < 4.78 is 84.9. The van der Waals surface area contributed by atoms with E-state index < -0.39 is 41.5 Å². The maximum Gasteiger partial charge on any atom is 0.416 e. The van der Waals surface area contributed by atoms with Gasteiger partial charge in [-0.25, -0.2) is 18.6 Å². The molecule has 2 aromatic heterocycles. The Labute approximate surface area is 263 Å². The highest BCUT2D eigenvalue weighted by molar-refractivity contribution is 5.97. The number of H-pyrrole nitrogens is 1. The van der Waals surface area contributed by atoms with Crippen LogP contribution in [0.15, 0.2) is 59.7 Å². The molecule has 2 heterocycles. The van der Waals surface area contributed by atoms with Gasteiger partial charge in [-0.1, -0.05) is 0 Å². The maximum absolute atomic E-state index is 15.5. The Kier molecular flexibility index (Phi) is 8.80. The van der Waals surface area contributed by atoms with Crippen molar-refractivity contribution in [1.82, 2.24) is 24.3 Å². The number of imidazole rings is 1. The SMILES string of the molecule is COc1cc(-c2cc(C(F)(F)F)cc3c2n(C2CC2)c(=O)n3CC(=O)N(C)c2ccc(F)cc2)cc(F)c1OCc1ncn[nH]1.Cl. The number of nitrogens with one attached hydrogen (secondary N) is 1. The fourth-order valence-electron chi connectivity index (χ4n) is 5.12. The van der Waals surface area contributed by atoms with Gasteiger partial charge in [-0.3, -0.25) is 19.0 Å². The largest absolute Gasteiger partial charge is 0.493 e. The molecule has 46 heavy (non-hydrogen) atoms. The van der Waals surface area contributed by atoms with Crippen molar-refractivity contribution in [3.63, 3.8) is 0 Å². The van der Waals surface area contributed by atoms with Crippen LogP contribution in [0.25, 0.3) is 22.2 Å². The third-order valence-corrected chi connectivity index (χ3v) is 7.54. The number of nitrogens with zero attached hydrogens (tertiary/aromatic N) is 5. The molecule has 0 aliphatic heterocycles. The number of alkyl halides is 3. The molecule has 0 atom stereocenters. The van der Waals surface area contributed by atoms with Crippen molar-refractivity contribution >= 4 is 35.0 Å². The second-order valence-electron chi connectivity index (χ2n) is 10.5. The number of carbonyl (C=O) groups is 1. The highest BCUT2D eigenvalue weighted by Crippen LogP contribution is 2.44. The standard InChI is InChI=1S/C30H25F5N6O4.ClH/c1-39(19-5-3-18(31)4-6-19)26(42)13-40-23-12-17(30(33,34)35)11-21(27(23)41(29(40)43)20-7-8-20)16-9-22(32)28(24(10-16)44-2)45-14-25-36-15-37-38-25;/h3-6,9-12,15,20H,7-8,13-14H2,1-2H3,(H,36,37,38);1H. The minimum atomic E-state index is -4.84. The number of hydrogen-bond donors (Lipinski definition) is 1. The lowest BCUT2D eigenvalue weighted by atomic mass is 9.99. The van der Waals surface area contributed by atoms with Crippen LogP contribution in [0.4, 0.5) is 27.6 Å². The zero-order valence-corrected chi connectivity index (χ0v) is 25.1. The number of rotatable bonds is 9. The van der Waals surface area contributed by atoms with Crippen LogP contribution in [0.1, 0.15) is 30.3 Å². The second kappa shape index (κ2) is 12.5. The summed E-state index contributed by atoms with van der Waals surface area (Å²) in [5.41, 5.74) is -1.59. The van der Waals surface area contributed by atoms with Crippen molar-refractivity contribution in [2.45, 2.75) is 38.2 Å². The Bertz CT molecular complexity index is 1950. The van der Waals surface area contributed by atoms with Gasteiger partial charge in [0.15, 0.2) is 23.1 Å². The van der Waals surface area contributed by atoms with Crippen LogP contribution in [0.5, 0.6) is 11.5 Å². The van der Waals surface area contributed by atoms with Gasteiger partial charge in [-0.05, 0) is 66.9 Å². The first-order valence-corrected chi connectivity index (χ1v) is 13.7. The van der Waals surface area contributed by atoms with Gasteiger partial charge in [0.05, 0.1) is 23.7 Å². The number of benzene rings is 3. The first kappa shape index (κ1) is 32.5. The summed E-state index contributed by atoms with van der Waals surface area (Å²) in [6.45, 7) is -0.791. The predicted octanol–water partition coefficient (Wildman–Crippen LogP) is 5.89.